The molecule has 0 spiro atoms. The second-order valence-corrected chi connectivity index (χ2v) is 10.6. The van der Waals surface area contributed by atoms with Gasteiger partial charge >= 0.3 is 6.09 Å². The third-order valence-electron chi connectivity index (χ3n) is 8.35. The maximum absolute atomic E-state index is 12.7. The molecular weight excluding hydrogens is 484 g/mol. The Bertz CT molecular complexity index is 1540. The fraction of sp³-hybridized carbons (Fsp3) is 0.448. The van der Waals surface area contributed by atoms with Gasteiger partial charge in [-0.15, -0.1) is 0 Å². The standard InChI is InChI=1S/C29H32N4O5/c1-16-7-9-21-23(32(16)29(36)37-3)10-11-24-26(21)31-28(33(24)20-6-4-5-18(13-20)17(2)34)27(35)19-8-12-25-22(14-19)30-15-38-25/h8,10-12,14-16,18,20,27,35H,4-7,9,13H2,1-3H3/t16-,18+,20+,27-/m0/s1. The summed E-state index contributed by atoms with van der Waals surface area (Å²) in [6.45, 7) is 3.68. The first-order chi connectivity index (χ1) is 18.4. The highest BCUT2D eigenvalue weighted by molar-refractivity contribution is 5.95. The van der Waals surface area contributed by atoms with Gasteiger partial charge in [0.1, 0.15) is 23.2 Å². The predicted octanol–water partition coefficient (Wildman–Crippen LogP) is 5.49. The zero-order valence-electron chi connectivity index (χ0n) is 21.9. The van der Waals surface area contributed by atoms with Gasteiger partial charge in [0, 0.05) is 23.6 Å². The van der Waals surface area contributed by atoms with Crippen LogP contribution >= 0.6 is 0 Å². The van der Waals surface area contributed by atoms with Crippen molar-refractivity contribution in [2.75, 3.05) is 12.0 Å². The van der Waals surface area contributed by atoms with E-state index in [-0.39, 0.29) is 23.8 Å². The Kier molecular flexibility index (Phi) is 6.18. The number of aryl methyl sites for hydroxylation is 1. The van der Waals surface area contributed by atoms with Crippen LogP contribution in [0.15, 0.2) is 41.1 Å². The minimum absolute atomic E-state index is 0.00315. The predicted molar refractivity (Wildman–Crippen MR) is 142 cm³/mol. The van der Waals surface area contributed by atoms with E-state index in [2.05, 4.69) is 9.55 Å². The molecule has 9 nitrogen and oxygen atoms in total. The fourth-order valence-electron chi connectivity index (χ4n) is 6.33. The molecule has 4 aromatic rings. The molecule has 4 atom stereocenters. The number of oxazole rings is 1. The van der Waals surface area contributed by atoms with Crippen LogP contribution < -0.4 is 4.90 Å². The molecule has 1 saturated carbocycles. The van der Waals surface area contributed by atoms with Gasteiger partial charge in [-0.25, -0.2) is 14.8 Å². The number of anilines is 1. The quantitative estimate of drug-likeness (QED) is 0.382. The number of hydrogen-bond donors (Lipinski definition) is 1. The van der Waals surface area contributed by atoms with E-state index in [0.29, 0.717) is 28.9 Å². The number of aliphatic hydroxyl groups is 1. The molecule has 1 fully saturated rings. The molecule has 0 saturated heterocycles. The molecule has 2 aliphatic rings. The molecule has 38 heavy (non-hydrogen) atoms. The van der Waals surface area contributed by atoms with Crippen molar-refractivity contribution >= 4 is 39.7 Å². The number of nitrogens with zero attached hydrogens (tertiary/aromatic N) is 4. The molecule has 1 amide bonds. The van der Waals surface area contributed by atoms with E-state index in [4.69, 9.17) is 14.1 Å². The number of ketones is 1. The van der Waals surface area contributed by atoms with Gasteiger partial charge in [0.15, 0.2) is 12.0 Å². The van der Waals surface area contributed by atoms with Gasteiger partial charge in [0.05, 0.1) is 23.8 Å². The zero-order valence-corrected chi connectivity index (χ0v) is 21.9. The summed E-state index contributed by atoms with van der Waals surface area (Å²) in [5.41, 5.74) is 5.45. The Balaban J connectivity index is 1.53. The van der Waals surface area contributed by atoms with Crippen LogP contribution in [0, 0.1) is 5.92 Å². The van der Waals surface area contributed by atoms with Crippen LogP contribution in [0.1, 0.15) is 75.0 Å². The summed E-state index contributed by atoms with van der Waals surface area (Å²) >= 11 is 0. The Morgan fingerprint density at radius 2 is 2.03 bits per heavy atom. The lowest BCUT2D eigenvalue weighted by molar-refractivity contribution is -0.122. The van der Waals surface area contributed by atoms with Crippen molar-refractivity contribution in [3.63, 3.8) is 0 Å². The molecule has 2 aromatic heterocycles. The number of carbonyl (C=O) groups excluding carboxylic acids is 2. The van der Waals surface area contributed by atoms with E-state index < -0.39 is 12.2 Å². The highest BCUT2D eigenvalue weighted by Gasteiger charge is 2.35. The molecule has 198 valence electrons. The largest absolute Gasteiger partial charge is 0.452 e. The van der Waals surface area contributed by atoms with Crippen molar-refractivity contribution in [3.8, 4) is 0 Å². The number of hydrogen-bond acceptors (Lipinski definition) is 7. The first-order valence-electron chi connectivity index (χ1n) is 13.3. The summed E-state index contributed by atoms with van der Waals surface area (Å²) in [6, 6.07) is 9.44. The van der Waals surface area contributed by atoms with E-state index in [1.54, 1.807) is 17.9 Å². The van der Waals surface area contributed by atoms with Crippen molar-refractivity contribution in [3.05, 3.63) is 53.7 Å². The molecule has 0 radical (unpaired) electrons. The molecule has 0 bridgehead atoms. The van der Waals surface area contributed by atoms with E-state index in [9.17, 15) is 14.7 Å². The fourth-order valence-corrected chi connectivity index (χ4v) is 6.33. The number of carbonyl (C=O) groups is 2. The number of benzene rings is 2. The minimum atomic E-state index is -1.00. The summed E-state index contributed by atoms with van der Waals surface area (Å²) in [5, 5.41) is 11.7. The van der Waals surface area contributed by atoms with Crippen molar-refractivity contribution in [2.45, 2.75) is 70.6 Å². The molecule has 1 aliphatic carbocycles. The van der Waals surface area contributed by atoms with Crippen molar-refractivity contribution in [1.29, 1.82) is 0 Å². The van der Waals surface area contributed by atoms with E-state index >= 15 is 0 Å². The first-order valence-corrected chi connectivity index (χ1v) is 13.3. The number of ether oxygens (including phenoxy) is 1. The lowest BCUT2D eigenvalue weighted by Crippen LogP contribution is -2.42. The van der Waals surface area contributed by atoms with E-state index in [1.165, 1.54) is 13.5 Å². The lowest BCUT2D eigenvalue weighted by Gasteiger charge is -2.34. The van der Waals surface area contributed by atoms with Gasteiger partial charge < -0.3 is 18.8 Å². The number of Topliss-reactive ketones (excluding diaryl/α,β-unsaturated/α-hetero) is 1. The van der Waals surface area contributed by atoms with Gasteiger partial charge in [-0.05, 0) is 75.8 Å². The number of methoxy groups -OCH3 is 1. The van der Waals surface area contributed by atoms with Crippen LogP contribution in [0.5, 0.6) is 0 Å². The average molecular weight is 517 g/mol. The van der Waals surface area contributed by atoms with Crippen LogP contribution in [0.25, 0.3) is 22.1 Å². The molecule has 1 N–H and O–H groups in total. The van der Waals surface area contributed by atoms with Crippen LogP contribution in [0.2, 0.25) is 0 Å². The number of aliphatic hydroxyl groups excluding tert-OH is 1. The highest BCUT2D eigenvalue weighted by atomic mass is 16.5. The van der Waals surface area contributed by atoms with Gasteiger partial charge in [-0.3, -0.25) is 9.69 Å². The van der Waals surface area contributed by atoms with Crippen LogP contribution in [0.4, 0.5) is 10.5 Å². The monoisotopic (exact) mass is 516 g/mol. The summed E-state index contributed by atoms with van der Waals surface area (Å²) < 4.78 is 12.6. The minimum Gasteiger partial charge on any atom is -0.452 e. The third kappa shape index (κ3) is 3.96. The number of aromatic nitrogens is 3. The summed E-state index contributed by atoms with van der Waals surface area (Å²) in [5.74, 6) is 0.738. The van der Waals surface area contributed by atoms with E-state index in [0.717, 1.165) is 54.4 Å². The Morgan fingerprint density at radius 1 is 1.18 bits per heavy atom. The second kappa shape index (κ2) is 9.54. The van der Waals surface area contributed by atoms with Gasteiger partial charge in [-0.1, -0.05) is 12.5 Å². The summed E-state index contributed by atoms with van der Waals surface area (Å²) in [7, 11) is 1.39. The normalized spacial score (nSPS) is 22.4. The SMILES string of the molecule is COC(=O)N1c2ccc3c(nc([C@@H](O)c4ccc5ocnc5c4)n3[C@@H]3CCC[C@@H](C(C)=O)C3)c2CC[C@@H]1C. The number of rotatable bonds is 4. The topological polar surface area (TPSA) is 111 Å². The lowest BCUT2D eigenvalue weighted by atomic mass is 9.83. The van der Waals surface area contributed by atoms with Gasteiger partial charge in [0.25, 0.3) is 0 Å². The zero-order chi connectivity index (χ0) is 26.6. The Morgan fingerprint density at radius 3 is 2.82 bits per heavy atom. The summed E-state index contributed by atoms with van der Waals surface area (Å²) in [6.07, 6.45) is 4.98. The molecule has 6 rings (SSSR count). The first kappa shape index (κ1) is 24.6. The Labute approximate surface area is 220 Å². The van der Waals surface area contributed by atoms with Crippen LogP contribution in [-0.4, -0.2) is 44.7 Å². The van der Waals surface area contributed by atoms with Crippen LogP contribution in [-0.2, 0) is 16.0 Å². The molecule has 3 heterocycles. The van der Waals surface area contributed by atoms with Crippen molar-refractivity contribution in [1.82, 2.24) is 14.5 Å². The van der Waals surface area contributed by atoms with Crippen LogP contribution in [0.3, 0.4) is 0 Å². The van der Waals surface area contributed by atoms with Crippen molar-refractivity contribution in [2.24, 2.45) is 5.92 Å². The smallest absolute Gasteiger partial charge is 0.414 e. The summed E-state index contributed by atoms with van der Waals surface area (Å²) in [4.78, 5) is 36.0. The van der Waals surface area contributed by atoms with E-state index in [1.807, 2.05) is 31.2 Å². The molecular formula is C29H32N4O5. The maximum atomic E-state index is 12.7. The Hall–Kier alpha value is -3.72. The molecule has 1 aliphatic heterocycles. The molecule has 0 unspecified atom stereocenters. The van der Waals surface area contributed by atoms with Gasteiger partial charge in [-0.2, -0.15) is 0 Å². The molecule has 2 aromatic carbocycles. The third-order valence-corrected chi connectivity index (χ3v) is 8.35. The molecule has 9 heteroatoms. The highest BCUT2D eigenvalue weighted by Crippen LogP contribution is 2.42. The second-order valence-electron chi connectivity index (χ2n) is 10.6. The number of imidazole rings is 1. The number of fused-ring (bicyclic) bond motifs is 4. The maximum Gasteiger partial charge on any atom is 0.414 e. The average Bonchev–Trinajstić information content (AvgIpc) is 3.56. The van der Waals surface area contributed by atoms with Gasteiger partial charge in [0.2, 0.25) is 0 Å². The van der Waals surface area contributed by atoms with Crippen molar-refractivity contribution < 1.29 is 23.8 Å². The number of amides is 1.